The van der Waals surface area contributed by atoms with Gasteiger partial charge < -0.3 is 14.6 Å². The molecule has 1 atom stereocenters. The smallest absolute Gasteiger partial charge is 0.323 e. The molecule has 0 fully saturated rings. The zero-order valence-corrected chi connectivity index (χ0v) is 20.1. The monoisotopic (exact) mass is 544 g/mol. The lowest BCUT2D eigenvalue weighted by Gasteiger charge is -2.15. The van der Waals surface area contributed by atoms with E-state index in [4.69, 9.17) is 23.2 Å². The van der Waals surface area contributed by atoms with Gasteiger partial charge in [0.2, 0.25) is 15.8 Å². The molecular formula is C17H19Cl2FN4O7S2. The number of sulfonamides is 1. The first kappa shape index (κ1) is 27.0. The van der Waals surface area contributed by atoms with Crippen LogP contribution in [0.4, 0.5) is 4.39 Å². The van der Waals surface area contributed by atoms with Crippen molar-refractivity contribution in [2.45, 2.75) is 25.9 Å². The van der Waals surface area contributed by atoms with Crippen LogP contribution in [0.25, 0.3) is 0 Å². The highest BCUT2D eigenvalue weighted by Crippen LogP contribution is 2.29. The Morgan fingerprint density at radius 1 is 1.15 bits per heavy atom. The second kappa shape index (κ2) is 11.2. The van der Waals surface area contributed by atoms with E-state index in [1.54, 1.807) is 0 Å². The van der Waals surface area contributed by atoms with Gasteiger partial charge in [-0.1, -0.05) is 12.1 Å². The zero-order valence-electron chi connectivity index (χ0n) is 17.0. The summed E-state index contributed by atoms with van der Waals surface area (Å²) >= 11 is 10.7. The molecule has 0 bridgehead atoms. The van der Waals surface area contributed by atoms with E-state index in [9.17, 15) is 31.1 Å². The number of aromatic hydroxyl groups is 1. The number of halogens is 3. The molecule has 0 saturated heterocycles. The number of amides is 1. The quantitative estimate of drug-likeness (QED) is 0.278. The molecule has 33 heavy (non-hydrogen) atoms. The van der Waals surface area contributed by atoms with Crippen LogP contribution in [-0.4, -0.2) is 54.3 Å². The number of nitrogens with zero attached hydrogens (tertiary/aromatic N) is 2. The van der Waals surface area contributed by atoms with Crippen molar-refractivity contribution in [3.05, 3.63) is 47.2 Å². The first-order valence-electron chi connectivity index (χ1n) is 9.02. The van der Waals surface area contributed by atoms with Gasteiger partial charge in [0.1, 0.15) is 16.9 Å². The molecule has 0 radical (unpaired) electrons. The second-order valence-corrected chi connectivity index (χ2v) is 11.1. The van der Waals surface area contributed by atoms with Crippen molar-refractivity contribution in [1.29, 1.82) is 0 Å². The number of rotatable bonds is 11. The minimum absolute atomic E-state index is 0.0904. The number of alkyl halides is 2. The largest absolute Gasteiger partial charge is 0.490 e. The van der Waals surface area contributed by atoms with Crippen LogP contribution in [0.2, 0.25) is 0 Å². The Morgan fingerprint density at radius 3 is 2.36 bits per heavy atom. The van der Waals surface area contributed by atoms with Crippen molar-refractivity contribution in [1.82, 2.24) is 20.0 Å². The van der Waals surface area contributed by atoms with Crippen LogP contribution >= 0.6 is 23.2 Å². The molecule has 0 aliphatic rings. The van der Waals surface area contributed by atoms with Crippen LogP contribution in [0.3, 0.4) is 0 Å². The summed E-state index contributed by atoms with van der Waals surface area (Å²) in [7, 11) is -8.17. The molecule has 0 aliphatic carbocycles. The van der Waals surface area contributed by atoms with Crippen molar-refractivity contribution in [2.24, 2.45) is 0 Å². The first-order chi connectivity index (χ1) is 15.4. The van der Waals surface area contributed by atoms with E-state index in [-0.39, 0.29) is 18.8 Å². The molecule has 16 heteroatoms. The maximum absolute atomic E-state index is 13.0. The van der Waals surface area contributed by atoms with Gasteiger partial charge in [-0.25, -0.2) is 22.5 Å². The lowest BCUT2D eigenvalue weighted by Crippen LogP contribution is -2.35. The number of benzene rings is 1. The molecular weight excluding hydrogens is 526 g/mol. The lowest BCUT2D eigenvalue weighted by atomic mass is 10.2. The molecule has 182 valence electrons. The molecule has 1 heterocycles. The minimum atomic E-state index is -4.39. The number of nitrogens with one attached hydrogen (secondary N) is 2. The van der Waals surface area contributed by atoms with Gasteiger partial charge in [-0.05, 0) is 24.6 Å². The summed E-state index contributed by atoms with van der Waals surface area (Å²) in [6.07, 6.45) is -0.190. The molecule has 1 aromatic heterocycles. The highest BCUT2D eigenvalue weighted by atomic mass is 35.5. The van der Waals surface area contributed by atoms with Gasteiger partial charge in [0.25, 0.3) is 11.8 Å². The molecule has 2 rings (SSSR count). The van der Waals surface area contributed by atoms with Gasteiger partial charge in [-0.3, -0.25) is 4.79 Å². The maximum atomic E-state index is 13.0. The number of carbonyl (C=O) groups excluding carboxylic acids is 1. The number of hydrogen-bond acceptors (Lipinski definition) is 9. The summed E-state index contributed by atoms with van der Waals surface area (Å²) in [5.74, 6) is -3.46. The molecule has 1 amide bonds. The minimum Gasteiger partial charge on any atom is -0.490 e. The van der Waals surface area contributed by atoms with E-state index in [1.165, 1.54) is 31.2 Å². The number of aromatic nitrogens is 2. The van der Waals surface area contributed by atoms with Crippen LogP contribution in [0.15, 0.2) is 24.3 Å². The standard InChI is InChI=1S/C17H19Cl2FN4O7S2/c1-10(24-32(27,28)8-18)6-13-22-14(15(17(26)23-13)31-33(29,30)9-19)16(25)21-7-11-2-4-12(20)5-3-11/h2-5,10,24H,6-9H2,1H3,(H,21,25)(H,22,23,26). The Labute approximate surface area is 199 Å². The zero-order chi connectivity index (χ0) is 24.8. The third kappa shape index (κ3) is 8.23. The van der Waals surface area contributed by atoms with Crippen LogP contribution in [0, 0.1) is 5.82 Å². The Bertz CT molecular complexity index is 1210. The number of carbonyl (C=O) groups is 1. The first-order valence-corrected chi connectivity index (χ1v) is 13.3. The third-order valence-corrected chi connectivity index (χ3v) is 7.23. The van der Waals surface area contributed by atoms with E-state index in [0.717, 1.165) is 0 Å². The van der Waals surface area contributed by atoms with Crippen LogP contribution in [0.5, 0.6) is 11.6 Å². The van der Waals surface area contributed by atoms with Gasteiger partial charge in [0, 0.05) is 19.0 Å². The fraction of sp³-hybridized carbons (Fsp3) is 0.353. The normalized spacial score (nSPS) is 12.8. The predicted octanol–water partition coefficient (Wildman–Crippen LogP) is 1.20. The second-order valence-electron chi connectivity index (χ2n) is 6.65. The van der Waals surface area contributed by atoms with Crippen LogP contribution in [-0.2, 0) is 33.1 Å². The molecule has 3 N–H and O–H groups in total. The average Bonchev–Trinajstić information content (AvgIpc) is 2.74. The van der Waals surface area contributed by atoms with Gasteiger partial charge >= 0.3 is 10.1 Å². The fourth-order valence-corrected chi connectivity index (χ4v) is 4.01. The van der Waals surface area contributed by atoms with Crippen molar-refractivity contribution >= 4 is 49.3 Å². The van der Waals surface area contributed by atoms with Gasteiger partial charge in [-0.2, -0.15) is 13.4 Å². The van der Waals surface area contributed by atoms with Crippen molar-refractivity contribution < 1.29 is 35.3 Å². The van der Waals surface area contributed by atoms with Gasteiger partial charge in [0.05, 0.1) is 0 Å². The molecule has 0 saturated carbocycles. The molecule has 1 unspecified atom stereocenters. The van der Waals surface area contributed by atoms with E-state index >= 15 is 0 Å². The van der Waals surface area contributed by atoms with E-state index in [2.05, 4.69) is 24.2 Å². The molecule has 11 nitrogen and oxygen atoms in total. The van der Waals surface area contributed by atoms with Crippen molar-refractivity contribution in [3.63, 3.8) is 0 Å². The Balaban J connectivity index is 2.35. The van der Waals surface area contributed by atoms with Crippen LogP contribution in [0.1, 0.15) is 28.8 Å². The number of hydrogen-bond donors (Lipinski definition) is 3. The molecule has 2 aromatic rings. The topological polar surface area (TPSA) is 165 Å². The summed E-state index contributed by atoms with van der Waals surface area (Å²) in [6.45, 7) is 1.37. The fourth-order valence-electron chi connectivity index (χ4n) is 2.48. The van der Waals surface area contributed by atoms with Gasteiger partial charge in [-0.15, -0.1) is 23.2 Å². The van der Waals surface area contributed by atoms with Gasteiger partial charge in [0.15, 0.2) is 10.9 Å². The summed E-state index contributed by atoms with van der Waals surface area (Å²) in [5.41, 5.74) is -0.121. The summed E-state index contributed by atoms with van der Waals surface area (Å²) < 4.78 is 66.7. The Hall–Kier alpha value is -2.26. The van der Waals surface area contributed by atoms with Crippen LogP contribution < -0.4 is 14.2 Å². The Kier molecular flexibility index (Phi) is 9.20. The average molecular weight is 545 g/mol. The summed E-state index contributed by atoms with van der Waals surface area (Å²) in [6, 6.07) is 4.40. The highest BCUT2D eigenvalue weighted by Gasteiger charge is 2.27. The van der Waals surface area contributed by atoms with Crippen molar-refractivity contribution in [3.8, 4) is 11.6 Å². The highest BCUT2D eigenvalue weighted by molar-refractivity contribution is 7.90. The molecule has 0 spiro atoms. The van der Waals surface area contributed by atoms with E-state index < -0.39 is 65.7 Å². The predicted molar refractivity (Wildman–Crippen MR) is 117 cm³/mol. The van der Waals surface area contributed by atoms with E-state index in [0.29, 0.717) is 5.56 Å². The Morgan fingerprint density at radius 2 is 1.79 bits per heavy atom. The molecule has 1 aromatic carbocycles. The summed E-state index contributed by atoms with van der Waals surface area (Å²) in [4.78, 5) is 20.3. The summed E-state index contributed by atoms with van der Waals surface area (Å²) in [5, 5.41) is 11.0. The lowest BCUT2D eigenvalue weighted by molar-refractivity contribution is 0.0942. The SMILES string of the molecule is CC(Cc1nc(O)c(OS(=O)(=O)CCl)c(C(=O)NCc2ccc(F)cc2)n1)NS(=O)(=O)CCl. The molecule has 0 aliphatic heterocycles. The van der Waals surface area contributed by atoms with Crippen molar-refractivity contribution in [2.75, 3.05) is 10.4 Å². The van der Waals surface area contributed by atoms with E-state index in [1.807, 2.05) is 0 Å². The maximum Gasteiger partial charge on any atom is 0.323 e. The third-order valence-electron chi connectivity index (χ3n) is 3.83.